The second-order valence-corrected chi connectivity index (χ2v) is 5.52. The van der Waals surface area contributed by atoms with Crippen LogP contribution in [-0.4, -0.2) is 29.2 Å². The van der Waals surface area contributed by atoms with Gasteiger partial charge in [0, 0.05) is 10.6 Å². The summed E-state index contributed by atoms with van der Waals surface area (Å²) in [6.45, 7) is 6.32. The zero-order chi connectivity index (χ0) is 17.5. The minimum atomic E-state index is -0.452. The van der Waals surface area contributed by atoms with Gasteiger partial charge in [-0.3, -0.25) is 0 Å². The molecule has 0 bridgehead atoms. The van der Waals surface area contributed by atoms with Crippen molar-refractivity contribution in [2.75, 3.05) is 13.2 Å². The van der Waals surface area contributed by atoms with Gasteiger partial charge in [0.25, 0.3) is 0 Å². The molecule has 5 nitrogen and oxygen atoms in total. The Labute approximate surface area is 147 Å². The molecule has 6 heteroatoms. The number of carbonyl (C=O) groups is 1. The minimum absolute atomic E-state index is 0.263. The Kier molecular flexibility index (Phi) is 6.55. The molecule has 0 aliphatic carbocycles. The molecule has 0 unspecified atom stereocenters. The number of benzene rings is 1. The van der Waals surface area contributed by atoms with E-state index in [2.05, 4.69) is 9.97 Å². The van der Waals surface area contributed by atoms with E-state index < -0.39 is 5.97 Å². The molecule has 0 aliphatic heterocycles. The lowest BCUT2D eigenvalue weighted by Gasteiger charge is -2.14. The lowest BCUT2D eigenvalue weighted by molar-refractivity contribution is 0.0519. The van der Waals surface area contributed by atoms with Crippen LogP contribution in [0, 0.1) is 0 Å². The number of aromatic nitrogens is 2. The third kappa shape index (κ3) is 4.23. The molecular formula is C18H21ClN2O3. The van der Waals surface area contributed by atoms with Crippen molar-refractivity contribution in [3.8, 4) is 17.3 Å². The number of hydrogen-bond acceptors (Lipinski definition) is 5. The Morgan fingerprint density at radius 3 is 2.38 bits per heavy atom. The largest absolute Gasteiger partial charge is 0.477 e. The van der Waals surface area contributed by atoms with E-state index in [0.29, 0.717) is 35.1 Å². The molecule has 0 spiro atoms. The monoisotopic (exact) mass is 348 g/mol. The molecular weight excluding hydrogens is 328 g/mol. The zero-order valence-corrected chi connectivity index (χ0v) is 14.9. The highest BCUT2D eigenvalue weighted by molar-refractivity contribution is 6.30. The average molecular weight is 349 g/mol. The highest BCUT2D eigenvalue weighted by Gasteiger charge is 2.23. The first kappa shape index (κ1) is 18.2. The van der Waals surface area contributed by atoms with Gasteiger partial charge in [0.1, 0.15) is 5.56 Å². The summed E-state index contributed by atoms with van der Waals surface area (Å²) in [6, 6.07) is 7.24. The number of nitrogens with zero attached hydrogens (tertiary/aromatic N) is 2. The first-order valence-corrected chi connectivity index (χ1v) is 8.45. The predicted molar refractivity (Wildman–Crippen MR) is 93.6 cm³/mol. The van der Waals surface area contributed by atoms with Gasteiger partial charge in [0.15, 0.2) is 5.82 Å². The maximum atomic E-state index is 12.3. The molecule has 0 saturated heterocycles. The van der Waals surface area contributed by atoms with Crippen LogP contribution in [0.3, 0.4) is 0 Å². The molecule has 24 heavy (non-hydrogen) atoms. The average Bonchev–Trinajstić information content (AvgIpc) is 2.56. The van der Waals surface area contributed by atoms with Crippen molar-refractivity contribution in [3.63, 3.8) is 0 Å². The number of halogens is 1. The van der Waals surface area contributed by atoms with Crippen molar-refractivity contribution in [2.45, 2.75) is 33.6 Å². The second-order valence-electron chi connectivity index (χ2n) is 5.08. The fraction of sp³-hybridized carbons (Fsp3) is 0.389. The van der Waals surface area contributed by atoms with Gasteiger partial charge in [-0.25, -0.2) is 9.78 Å². The highest BCUT2D eigenvalue weighted by atomic mass is 35.5. The topological polar surface area (TPSA) is 61.3 Å². The molecule has 128 valence electrons. The lowest BCUT2D eigenvalue weighted by atomic mass is 10.1. The van der Waals surface area contributed by atoms with E-state index in [1.165, 1.54) is 0 Å². The summed E-state index contributed by atoms with van der Waals surface area (Å²) in [4.78, 5) is 21.3. The zero-order valence-electron chi connectivity index (χ0n) is 14.1. The molecule has 0 radical (unpaired) electrons. The maximum Gasteiger partial charge on any atom is 0.345 e. The van der Waals surface area contributed by atoms with Crippen LogP contribution in [0.1, 0.15) is 43.2 Å². The molecule has 1 heterocycles. The second kappa shape index (κ2) is 8.64. The summed E-state index contributed by atoms with van der Waals surface area (Å²) in [5.74, 6) is 0.318. The van der Waals surface area contributed by atoms with Crippen LogP contribution in [0.25, 0.3) is 11.4 Å². The molecule has 0 atom stereocenters. The summed E-state index contributed by atoms with van der Waals surface area (Å²) >= 11 is 5.94. The summed E-state index contributed by atoms with van der Waals surface area (Å²) in [6.07, 6.45) is 1.48. The number of esters is 1. The number of carbonyl (C=O) groups excluding carboxylic acids is 1. The van der Waals surface area contributed by atoms with Crippen molar-refractivity contribution in [3.05, 3.63) is 40.5 Å². The Hall–Kier alpha value is -2.14. The van der Waals surface area contributed by atoms with Gasteiger partial charge in [0.05, 0.1) is 18.9 Å². The molecule has 1 aromatic carbocycles. The van der Waals surface area contributed by atoms with E-state index in [9.17, 15) is 4.79 Å². The summed E-state index contributed by atoms with van der Waals surface area (Å²) in [5, 5.41) is 0.640. The number of hydrogen-bond donors (Lipinski definition) is 0. The van der Waals surface area contributed by atoms with Gasteiger partial charge >= 0.3 is 5.97 Å². The van der Waals surface area contributed by atoms with Gasteiger partial charge < -0.3 is 9.47 Å². The fourth-order valence-electron chi connectivity index (χ4n) is 2.28. The summed E-state index contributed by atoms with van der Waals surface area (Å²) in [7, 11) is 0. The van der Waals surface area contributed by atoms with E-state index >= 15 is 0 Å². The fourth-order valence-corrected chi connectivity index (χ4v) is 2.41. The van der Waals surface area contributed by atoms with Gasteiger partial charge in [-0.1, -0.05) is 24.9 Å². The van der Waals surface area contributed by atoms with Gasteiger partial charge in [-0.15, -0.1) is 0 Å². The van der Waals surface area contributed by atoms with E-state index in [1.54, 1.807) is 19.1 Å². The van der Waals surface area contributed by atoms with Gasteiger partial charge in [0.2, 0.25) is 5.88 Å². The Bertz CT molecular complexity index is 675. The molecule has 0 saturated carbocycles. The molecule has 2 aromatic rings. The number of ether oxygens (including phenoxy) is 2. The van der Waals surface area contributed by atoms with Gasteiger partial charge in [-0.05, 0) is 44.5 Å². The molecule has 0 fully saturated rings. The van der Waals surface area contributed by atoms with E-state index in [4.69, 9.17) is 21.1 Å². The first-order chi connectivity index (χ1) is 11.6. The Balaban J connectivity index is 2.58. The number of aryl methyl sites for hydroxylation is 1. The van der Waals surface area contributed by atoms with Crippen LogP contribution in [0.4, 0.5) is 0 Å². The third-order valence-electron chi connectivity index (χ3n) is 3.30. The van der Waals surface area contributed by atoms with Crippen molar-refractivity contribution < 1.29 is 14.3 Å². The van der Waals surface area contributed by atoms with E-state index in [0.717, 1.165) is 12.0 Å². The van der Waals surface area contributed by atoms with Crippen molar-refractivity contribution in [1.82, 2.24) is 9.97 Å². The summed E-state index contributed by atoms with van der Waals surface area (Å²) < 4.78 is 10.7. The smallest absolute Gasteiger partial charge is 0.345 e. The Morgan fingerprint density at radius 2 is 1.79 bits per heavy atom. The van der Waals surface area contributed by atoms with E-state index in [1.807, 2.05) is 26.0 Å². The van der Waals surface area contributed by atoms with Crippen molar-refractivity contribution in [1.29, 1.82) is 0 Å². The van der Waals surface area contributed by atoms with Crippen LogP contribution >= 0.6 is 11.6 Å². The third-order valence-corrected chi connectivity index (χ3v) is 3.55. The molecule has 0 N–H and O–H groups in total. The van der Waals surface area contributed by atoms with Crippen LogP contribution in [0.5, 0.6) is 5.88 Å². The molecule has 0 aliphatic rings. The quantitative estimate of drug-likeness (QED) is 0.697. The number of rotatable bonds is 7. The SMILES string of the molecule is CCCc1nc(-c2ccc(Cl)cc2)nc(OCC)c1C(=O)OCC. The highest BCUT2D eigenvalue weighted by Crippen LogP contribution is 2.27. The first-order valence-electron chi connectivity index (χ1n) is 8.07. The van der Waals surface area contributed by atoms with Crippen LogP contribution < -0.4 is 4.74 Å². The molecule has 2 rings (SSSR count). The molecule has 1 aromatic heterocycles. The van der Waals surface area contributed by atoms with Crippen LogP contribution in [0.2, 0.25) is 5.02 Å². The predicted octanol–water partition coefficient (Wildman–Crippen LogP) is 4.32. The van der Waals surface area contributed by atoms with Crippen LogP contribution in [-0.2, 0) is 11.2 Å². The lowest BCUT2D eigenvalue weighted by Crippen LogP contribution is -2.15. The maximum absolute atomic E-state index is 12.3. The van der Waals surface area contributed by atoms with Crippen molar-refractivity contribution >= 4 is 17.6 Å². The summed E-state index contributed by atoms with van der Waals surface area (Å²) in [5.41, 5.74) is 1.77. The standard InChI is InChI=1S/C18H21ClN2O3/c1-4-7-14-15(18(22)24-6-3)17(23-5-2)21-16(20-14)12-8-10-13(19)11-9-12/h8-11H,4-7H2,1-3H3. The van der Waals surface area contributed by atoms with E-state index in [-0.39, 0.29) is 12.5 Å². The van der Waals surface area contributed by atoms with Crippen LogP contribution in [0.15, 0.2) is 24.3 Å². The Morgan fingerprint density at radius 1 is 1.08 bits per heavy atom. The van der Waals surface area contributed by atoms with Crippen molar-refractivity contribution in [2.24, 2.45) is 0 Å². The molecule has 0 amide bonds. The normalized spacial score (nSPS) is 10.5. The minimum Gasteiger partial charge on any atom is -0.477 e. The van der Waals surface area contributed by atoms with Gasteiger partial charge in [-0.2, -0.15) is 4.98 Å².